The van der Waals surface area contributed by atoms with Crippen molar-refractivity contribution in [1.29, 1.82) is 0 Å². The van der Waals surface area contributed by atoms with Gasteiger partial charge in [0.25, 0.3) is 0 Å². The number of nitrogens with zero attached hydrogens (tertiary/aromatic N) is 2. The number of aromatic nitrogens is 2. The number of methoxy groups -OCH3 is 1. The van der Waals surface area contributed by atoms with Crippen LogP contribution < -0.4 is 10.1 Å². The molecule has 36 heavy (non-hydrogen) atoms. The van der Waals surface area contributed by atoms with Crippen LogP contribution >= 0.6 is 0 Å². The van der Waals surface area contributed by atoms with Gasteiger partial charge in [-0.2, -0.15) is 13.2 Å². The average Bonchev–Trinajstić information content (AvgIpc) is 3.23. The minimum atomic E-state index is -4.52. The van der Waals surface area contributed by atoms with E-state index in [4.69, 9.17) is 4.74 Å². The average molecular weight is 490 g/mol. The van der Waals surface area contributed by atoms with Gasteiger partial charge in [0.15, 0.2) is 0 Å². The number of hydrogen-bond donors (Lipinski definition) is 1. The van der Waals surface area contributed by atoms with Crippen LogP contribution in [0.25, 0.3) is 32.9 Å². The van der Waals surface area contributed by atoms with E-state index in [2.05, 4.69) is 47.6 Å². The van der Waals surface area contributed by atoms with Gasteiger partial charge in [-0.1, -0.05) is 54.6 Å². The number of halogens is 3. The first-order valence-corrected chi connectivity index (χ1v) is 11.7. The lowest BCUT2D eigenvalue weighted by molar-refractivity contribution is -0.146. The maximum absolute atomic E-state index is 13.3. The van der Waals surface area contributed by atoms with Crippen LogP contribution in [-0.4, -0.2) is 16.7 Å². The molecule has 0 radical (unpaired) electrons. The van der Waals surface area contributed by atoms with E-state index in [0.29, 0.717) is 17.8 Å². The van der Waals surface area contributed by atoms with Crippen molar-refractivity contribution in [2.75, 3.05) is 7.11 Å². The van der Waals surface area contributed by atoms with E-state index in [1.54, 1.807) is 25.3 Å². The van der Waals surface area contributed by atoms with Crippen LogP contribution in [0.3, 0.4) is 0 Å². The van der Waals surface area contributed by atoms with Gasteiger partial charge in [0.05, 0.1) is 18.1 Å². The molecule has 184 valence electrons. The second-order valence-electron chi connectivity index (χ2n) is 8.90. The molecular formula is C29H26F3N3O. The lowest BCUT2D eigenvalue weighted by Crippen LogP contribution is -2.18. The SMILES string of the molecule is COc1ccc(CN[C@H](C)c2cccc3ccccc23)cc1-c1ccc2c(c1)nc(C(F)(F)F)n2C. The van der Waals surface area contributed by atoms with Gasteiger partial charge in [-0.05, 0) is 58.7 Å². The molecule has 1 aromatic heterocycles. The van der Waals surface area contributed by atoms with Crippen molar-refractivity contribution in [3.8, 4) is 16.9 Å². The number of benzene rings is 4. The molecule has 4 nitrogen and oxygen atoms in total. The summed E-state index contributed by atoms with van der Waals surface area (Å²) >= 11 is 0. The van der Waals surface area contributed by atoms with Gasteiger partial charge in [-0.15, -0.1) is 0 Å². The Kier molecular flexibility index (Phi) is 6.18. The van der Waals surface area contributed by atoms with Crippen LogP contribution in [-0.2, 0) is 19.8 Å². The highest BCUT2D eigenvalue weighted by Crippen LogP contribution is 2.35. The summed E-state index contributed by atoms with van der Waals surface area (Å²) in [6, 6.07) is 25.8. The van der Waals surface area contributed by atoms with E-state index in [1.807, 2.05) is 30.3 Å². The first kappa shape index (κ1) is 23.9. The molecule has 1 atom stereocenters. The Bertz CT molecular complexity index is 1550. The van der Waals surface area contributed by atoms with Crippen LogP contribution in [0.15, 0.2) is 78.9 Å². The van der Waals surface area contributed by atoms with Crippen LogP contribution in [0.2, 0.25) is 0 Å². The quantitative estimate of drug-likeness (QED) is 0.273. The van der Waals surface area contributed by atoms with Crippen molar-refractivity contribution in [1.82, 2.24) is 14.9 Å². The molecule has 0 unspecified atom stereocenters. The van der Waals surface area contributed by atoms with Crippen molar-refractivity contribution in [3.63, 3.8) is 0 Å². The van der Waals surface area contributed by atoms with Gasteiger partial charge in [0.1, 0.15) is 5.75 Å². The maximum atomic E-state index is 13.3. The van der Waals surface area contributed by atoms with Crippen LogP contribution in [0.1, 0.15) is 29.9 Å². The molecule has 0 saturated carbocycles. The molecule has 0 aliphatic carbocycles. The standard InChI is InChI=1S/C29H26F3N3O/c1-18(22-10-6-8-20-7-4-5-9-23(20)22)33-17-19-11-14-27(36-3)24(15-19)21-12-13-26-25(16-21)34-28(35(26)2)29(30,31)32/h4-16,18,33H,17H2,1-3H3/t18-/m1/s1. The molecule has 4 aromatic carbocycles. The van der Waals surface area contributed by atoms with Crippen LogP contribution in [0.4, 0.5) is 13.2 Å². The summed E-state index contributed by atoms with van der Waals surface area (Å²) in [7, 11) is 2.96. The molecule has 0 amide bonds. The molecule has 7 heteroatoms. The summed E-state index contributed by atoms with van der Waals surface area (Å²) in [5, 5.41) is 6.02. The number of nitrogens with one attached hydrogen (secondary N) is 1. The summed E-state index contributed by atoms with van der Waals surface area (Å²) < 4.78 is 46.6. The molecule has 0 saturated heterocycles. The smallest absolute Gasteiger partial charge is 0.449 e. The second kappa shape index (κ2) is 9.32. The lowest BCUT2D eigenvalue weighted by atomic mass is 9.99. The zero-order chi connectivity index (χ0) is 25.4. The monoisotopic (exact) mass is 489 g/mol. The van der Waals surface area contributed by atoms with E-state index >= 15 is 0 Å². The van der Waals surface area contributed by atoms with Crippen molar-refractivity contribution >= 4 is 21.8 Å². The molecule has 5 rings (SSSR count). The van der Waals surface area contributed by atoms with Gasteiger partial charge in [0.2, 0.25) is 5.82 Å². The fourth-order valence-electron chi connectivity index (χ4n) is 4.72. The number of rotatable bonds is 6. The number of aryl methyl sites for hydroxylation is 1. The highest BCUT2D eigenvalue weighted by molar-refractivity contribution is 5.86. The Morgan fingerprint density at radius 3 is 2.53 bits per heavy atom. The number of ether oxygens (including phenoxy) is 1. The van der Waals surface area contributed by atoms with Crippen LogP contribution in [0, 0.1) is 0 Å². The van der Waals surface area contributed by atoms with Gasteiger partial charge in [-0.3, -0.25) is 0 Å². The largest absolute Gasteiger partial charge is 0.496 e. The van der Waals surface area contributed by atoms with E-state index in [1.165, 1.54) is 23.4 Å². The third kappa shape index (κ3) is 4.42. The van der Waals surface area contributed by atoms with Gasteiger partial charge < -0.3 is 14.6 Å². The Hall–Kier alpha value is -3.84. The normalized spacial score (nSPS) is 12.8. The fourth-order valence-corrected chi connectivity index (χ4v) is 4.72. The highest BCUT2D eigenvalue weighted by atomic mass is 19.4. The first-order chi connectivity index (χ1) is 17.3. The number of hydrogen-bond acceptors (Lipinski definition) is 3. The Balaban J connectivity index is 1.44. The van der Waals surface area contributed by atoms with Crippen molar-refractivity contribution in [3.05, 3.63) is 95.8 Å². The number of fused-ring (bicyclic) bond motifs is 2. The van der Waals surface area contributed by atoms with Crippen molar-refractivity contribution < 1.29 is 17.9 Å². The summed E-state index contributed by atoms with van der Waals surface area (Å²) in [5.74, 6) is -0.269. The molecule has 5 aromatic rings. The van der Waals surface area contributed by atoms with E-state index in [9.17, 15) is 13.2 Å². The molecule has 1 heterocycles. The predicted molar refractivity (Wildman–Crippen MR) is 137 cm³/mol. The number of imidazole rings is 1. The molecule has 0 spiro atoms. The van der Waals surface area contributed by atoms with Crippen LogP contribution in [0.5, 0.6) is 5.75 Å². The third-order valence-corrected chi connectivity index (χ3v) is 6.61. The third-order valence-electron chi connectivity index (χ3n) is 6.61. The molecule has 0 aliphatic heterocycles. The van der Waals surface area contributed by atoms with E-state index in [0.717, 1.165) is 21.3 Å². The zero-order valence-electron chi connectivity index (χ0n) is 20.2. The Morgan fingerprint density at radius 2 is 1.75 bits per heavy atom. The molecule has 0 fully saturated rings. The predicted octanol–water partition coefficient (Wildman–Crippen LogP) is 7.27. The molecule has 0 aliphatic rings. The molecule has 0 bridgehead atoms. The van der Waals surface area contributed by atoms with Crippen molar-refractivity contribution in [2.45, 2.75) is 25.7 Å². The molecular weight excluding hydrogens is 463 g/mol. The topological polar surface area (TPSA) is 39.1 Å². The summed E-state index contributed by atoms with van der Waals surface area (Å²) in [6.45, 7) is 2.75. The summed E-state index contributed by atoms with van der Waals surface area (Å²) in [4.78, 5) is 3.85. The highest BCUT2D eigenvalue weighted by Gasteiger charge is 2.36. The lowest BCUT2D eigenvalue weighted by Gasteiger charge is -2.18. The number of alkyl halides is 3. The van der Waals surface area contributed by atoms with E-state index in [-0.39, 0.29) is 11.6 Å². The van der Waals surface area contributed by atoms with Crippen molar-refractivity contribution in [2.24, 2.45) is 7.05 Å². The summed E-state index contributed by atoms with van der Waals surface area (Å²) in [5.41, 5.74) is 4.52. The Labute approximate surface area is 207 Å². The van der Waals surface area contributed by atoms with E-state index < -0.39 is 12.0 Å². The fraction of sp³-hybridized carbons (Fsp3) is 0.207. The maximum Gasteiger partial charge on any atom is 0.449 e. The minimum Gasteiger partial charge on any atom is -0.496 e. The van der Waals surface area contributed by atoms with Gasteiger partial charge in [-0.25, -0.2) is 4.98 Å². The first-order valence-electron chi connectivity index (χ1n) is 11.7. The molecule has 1 N–H and O–H groups in total. The summed E-state index contributed by atoms with van der Waals surface area (Å²) in [6.07, 6.45) is -4.52. The minimum absolute atomic E-state index is 0.118. The zero-order valence-corrected chi connectivity index (χ0v) is 20.2. The van der Waals surface area contributed by atoms with Gasteiger partial charge in [0, 0.05) is 25.2 Å². The second-order valence-corrected chi connectivity index (χ2v) is 8.90. The Morgan fingerprint density at radius 1 is 0.972 bits per heavy atom. The van der Waals surface area contributed by atoms with Gasteiger partial charge >= 0.3 is 6.18 Å².